The first-order valence-corrected chi connectivity index (χ1v) is 10.9. The van der Waals surface area contributed by atoms with Crippen molar-refractivity contribution in [3.63, 3.8) is 0 Å². The maximum absolute atomic E-state index is 14.2. The van der Waals surface area contributed by atoms with E-state index in [1.54, 1.807) is 21.6 Å². The Bertz CT molecular complexity index is 961. The molecule has 0 spiro atoms. The molecule has 0 aliphatic carbocycles. The Morgan fingerprint density at radius 2 is 1.53 bits per heavy atom. The average molecular weight is 425 g/mol. The molecule has 0 saturated carbocycles. The van der Waals surface area contributed by atoms with E-state index in [1.165, 1.54) is 12.1 Å². The molecule has 4 rings (SSSR count). The number of anilines is 2. The molecule has 1 saturated heterocycles. The van der Waals surface area contributed by atoms with Crippen molar-refractivity contribution in [3.8, 4) is 0 Å². The van der Waals surface area contributed by atoms with Gasteiger partial charge in [0.05, 0.1) is 11.4 Å². The number of halogens is 2. The standard InChI is InChI=1S/C24H22F2N2OS/c25-18-11-12-22(26)21(17-18)23-13-14-27(15-16-30-23)24(29)28(19-7-3-1-4-8-19)20-9-5-2-6-10-20/h1-12,17,23H,13-16H2. The molecule has 0 N–H and O–H groups in total. The highest BCUT2D eigenvalue weighted by molar-refractivity contribution is 7.99. The fourth-order valence-corrected chi connectivity index (χ4v) is 4.88. The first-order valence-electron chi connectivity index (χ1n) is 9.89. The van der Waals surface area contributed by atoms with Gasteiger partial charge >= 0.3 is 6.03 Å². The monoisotopic (exact) mass is 424 g/mol. The van der Waals surface area contributed by atoms with Crippen molar-refractivity contribution in [3.05, 3.63) is 96.1 Å². The van der Waals surface area contributed by atoms with E-state index in [2.05, 4.69) is 0 Å². The SMILES string of the molecule is O=C(N1CCSC(c2cc(F)ccc2F)CC1)N(c1ccccc1)c1ccccc1. The van der Waals surface area contributed by atoms with Gasteiger partial charge in [-0.1, -0.05) is 36.4 Å². The lowest BCUT2D eigenvalue weighted by Crippen LogP contribution is -2.42. The number of urea groups is 1. The van der Waals surface area contributed by atoms with Crippen LogP contribution in [0, 0.1) is 11.6 Å². The summed E-state index contributed by atoms with van der Waals surface area (Å²) in [5.74, 6) is -0.184. The number of amides is 2. The molecule has 2 amide bonds. The lowest BCUT2D eigenvalue weighted by Gasteiger charge is -2.30. The Hall–Kier alpha value is -2.86. The second-order valence-corrected chi connectivity index (χ2v) is 8.40. The number of rotatable bonds is 3. The molecule has 1 aliphatic rings. The van der Waals surface area contributed by atoms with E-state index in [1.807, 2.05) is 60.7 Å². The Morgan fingerprint density at radius 1 is 0.900 bits per heavy atom. The van der Waals surface area contributed by atoms with Gasteiger partial charge in [-0.05, 0) is 48.9 Å². The molecule has 6 heteroatoms. The highest BCUT2D eigenvalue weighted by atomic mass is 32.2. The largest absolute Gasteiger partial charge is 0.329 e. The molecule has 1 atom stereocenters. The Morgan fingerprint density at radius 3 is 2.17 bits per heavy atom. The van der Waals surface area contributed by atoms with Crippen LogP contribution in [0.4, 0.5) is 25.0 Å². The summed E-state index contributed by atoms with van der Waals surface area (Å²) in [7, 11) is 0. The van der Waals surface area contributed by atoms with Gasteiger partial charge in [-0.15, -0.1) is 0 Å². The molecule has 0 radical (unpaired) electrons. The number of carbonyl (C=O) groups is 1. The molecule has 3 aromatic rings. The molecule has 30 heavy (non-hydrogen) atoms. The predicted molar refractivity (Wildman–Crippen MR) is 118 cm³/mol. The van der Waals surface area contributed by atoms with Crippen molar-refractivity contribution in [1.82, 2.24) is 4.90 Å². The number of hydrogen-bond donors (Lipinski definition) is 0. The van der Waals surface area contributed by atoms with Crippen LogP contribution in [0.3, 0.4) is 0 Å². The number of para-hydroxylation sites is 2. The van der Waals surface area contributed by atoms with Gasteiger partial charge in [-0.2, -0.15) is 11.8 Å². The minimum absolute atomic E-state index is 0.117. The quantitative estimate of drug-likeness (QED) is 0.485. The molecular weight excluding hydrogens is 402 g/mol. The third kappa shape index (κ3) is 4.49. The lowest BCUT2D eigenvalue weighted by atomic mass is 10.1. The lowest BCUT2D eigenvalue weighted by molar-refractivity contribution is 0.210. The summed E-state index contributed by atoms with van der Waals surface area (Å²) >= 11 is 1.57. The summed E-state index contributed by atoms with van der Waals surface area (Å²) in [5, 5.41) is -0.180. The topological polar surface area (TPSA) is 23.6 Å². The Balaban J connectivity index is 1.56. The zero-order chi connectivity index (χ0) is 20.9. The molecule has 1 heterocycles. The van der Waals surface area contributed by atoms with Crippen LogP contribution in [-0.4, -0.2) is 29.8 Å². The van der Waals surface area contributed by atoms with Crippen molar-refractivity contribution < 1.29 is 13.6 Å². The average Bonchev–Trinajstić information content (AvgIpc) is 3.03. The second kappa shape index (κ2) is 9.30. The molecule has 1 aliphatic heterocycles. The van der Waals surface area contributed by atoms with Crippen molar-refractivity contribution in [2.45, 2.75) is 11.7 Å². The van der Waals surface area contributed by atoms with Crippen LogP contribution in [0.5, 0.6) is 0 Å². The van der Waals surface area contributed by atoms with E-state index in [-0.39, 0.29) is 11.3 Å². The molecule has 0 bridgehead atoms. The molecular formula is C24H22F2N2OS. The molecule has 3 aromatic carbocycles. The fraction of sp³-hybridized carbons (Fsp3) is 0.208. The van der Waals surface area contributed by atoms with Crippen molar-refractivity contribution in [2.24, 2.45) is 0 Å². The molecule has 0 aromatic heterocycles. The number of carbonyl (C=O) groups excluding carboxylic acids is 1. The summed E-state index contributed by atoms with van der Waals surface area (Å²) < 4.78 is 27.9. The zero-order valence-electron chi connectivity index (χ0n) is 16.4. The van der Waals surface area contributed by atoms with Crippen LogP contribution in [0.1, 0.15) is 17.2 Å². The van der Waals surface area contributed by atoms with E-state index in [0.29, 0.717) is 30.8 Å². The van der Waals surface area contributed by atoms with Crippen molar-refractivity contribution in [2.75, 3.05) is 23.7 Å². The van der Waals surface area contributed by atoms with E-state index < -0.39 is 11.6 Å². The number of hydrogen-bond acceptors (Lipinski definition) is 2. The second-order valence-electron chi connectivity index (χ2n) is 7.09. The van der Waals surface area contributed by atoms with Crippen LogP contribution >= 0.6 is 11.8 Å². The maximum atomic E-state index is 14.2. The van der Waals surface area contributed by atoms with Crippen LogP contribution in [0.15, 0.2) is 78.9 Å². The third-order valence-electron chi connectivity index (χ3n) is 5.14. The highest BCUT2D eigenvalue weighted by Gasteiger charge is 2.28. The molecule has 3 nitrogen and oxygen atoms in total. The van der Waals surface area contributed by atoms with Crippen LogP contribution < -0.4 is 4.90 Å². The molecule has 1 fully saturated rings. The van der Waals surface area contributed by atoms with Gasteiger partial charge in [0.15, 0.2) is 0 Å². The summed E-state index contributed by atoms with van der Waals surface area (Å²) in [6.07, 6.45) is 0.564. The van der Waals surface area contributed by atoms with Gasteiger partial charge in [0.2, 0.25) is 0 Å². The third-order valence-corrected chi connectivity index (χ3v) is 6.45. The van der Waals surface area contributed by atoms with E-state index in [9.17, 15) is 13.6 Å². The van der Waals surface area contributed by atoms with Crippen LogP contribution in [0.25, 0.3) is 0 Å². The van der Waals surface area contributed by atoms with Gasteiger partial charge in [0.25, 0.3) is 0 Å². The number of benzene rings is 3. The van der Waals surface area contributed by atoms with Crippen molar-refractivity contribution in [1.29, 1.82) is 0 Å². The Labute approximate surface area is 179 Å². The molecule has 1 unspecified atom stereocenters. The minimum atomic E-state index is -0.441. The van der Waals surface area contributed by atoms with E-state index >= 15 is 0 Å². The van der Waals surface area contributed by atoms with Crippen molar-refractivity contribution >= 4 is 29.2 Å². The smallest absolute Gasteiger partial charge is 0.323 e. The normalized spacial score (nSPS) is 16.7. The summed E-state index contributed by atoms with van der Waals surface area (Å²) in [5.41, 5.74) is 1.95. The highest BCUT2D eigenvalue weighted by Crippen LogP contribution is 2.37. The first kappa shape index (κ1) is 20.4. The first-order chi connectivity index (χ1) is 14.6. The maximum Gasteiger partial charge on any atom is 0.329 e. The van der Waals surface area contributed by atoms with E-state index in [4.69, 9.17) is 0 Å². The molecule has 154 valence electrons. The van der Waals surface area contributed by atoms with Gasteiger partial charge in [-0.25, -0.2) is 13.6 Å². The number of thioether (sulfide) groups is 1. The van der Waals surface area contributed by atoms with Gasteiger partial charge in [0.1, 0.15) is 11.6 Å². The zero-order valence-corrected chi connectivity index (χ0v) is 17.2. The minimum Gasteiger partial charge on any atom is -0.323 e. The number of nitrogens with zero attached hydrogens (tertiary/aromatic N) is 2. The Kier molecular flexibility index (Phi) is 6.33. The van der Waals surface area contributed by atoms with Crippen LogP contribution in [-0.2, 0) is 0 Å². The van der Waals surface area contributed by atoms with Gasteiger partial charge in [-0.3, -0.25) is 4.90 Å². The van der Waals surface area contributed by atoms with Gasteiger partial charge < -0.3 is 4.90 Å². The fourth-order valence-electron chi connectivity index (χ4n) is 3.64. The van der Waals surface area contributed by atoms with E-state index in [0.717, 1.165) is 17.4 Å². The van der Waals surface area contributed by atoms with Crippen LogP contribution in [0.2, 0.25) is 0 Å². The summed E-state index contributed by atoms with van der Waals surface area (Å²) in [6, 6.07) is 22.5. The summed E-state index contributed by atoms with van der Waals surface area (Å²) in [6.45, 7) is 1.02. The summed E-state index contributed by atoms with van der Waals surface area (Å²) in [4.78, 5) is 17.0. The van der Waals surface area contributed by atoms with Gasteiger partial charge in [0, 0.05) is 29.7 Å². The predicted octanol–water partition coefficient (Wildman–Crippen LogP) is 6.40.